The minimum Gasteiger partial charge on any atom is -0.330 e. The maximum absolute atomic E-state index is 12.3. The van der Waals surface area contributed by atoms with Crippen LogP contribution in [0.25, 0.3) is 0 Å². The van der Waals surface area contributed by atoms with Crippen LogP contribution in [0, 0.1) is 0 Å². The van der Waals surface area contributed by atoms with Gasteiger partial charge in [0.1, 0.15) is 0 Å². The molecular weight excluding hydrogens is 250 g/mol. The van der Waals surface area contributed by atoms with Crippen molar-refractivity contribution in [2.45, 2.75) is 38.1 Å². The fourth-order valence-corrected chi connectivity index (χ4v) is 4.62. The SMILES string of the molecule is NCCCCS(=O)(=O)N1CCCN2CCCC2C1. The van der Waals surface area contributed by atoms with Gasteiger partial charge in [-0.05, 0) is 51.7 Å². The standard InChI is InChI=1S/C12H25N3O2S/c13-6-1-2-10-18(16,17)15-9-4-8-14-7-3-5-12(14)11-15/h12H,1-11,13H2. The van der Waals surface area contributed by atoms with Crippen molar-refractivity contribution in [1.82, 2.24) is 9.21 Å². The average Bonchev–Trinajstić information content (AvgIpc) is 2.66. The van der Waals surface area contributed by atoms with Gasteiger partial charge >= 0.3 is 0 Å². The number of nitrogens with zero attached hydrogens (tertiary/aromatic N) is 2. The molecule has 2 fully saturated rings. The van der Waals surface area contributed by atoms with Gasteiger partial charge in [-0.1, -0.05) is 0 Å². The van der Waals surface area contributed by atoms with E-state index in [0.29, 0.717) is 32.1 Å². The first-order chi connectivity index (χ1) is 8.63. The van der Waals surface area contributed by atoms with Crippen LogP contribution in [0.5, 0.6) is 0 Å². The topological polar surface area (TPSA) is 66.6 Å². The number of hydrogen-bond acceptors (Lipinski definition) is 4. The molecule has 0 aromatic carbocycles. The summed E-state index contributed by atoms with van der Waals surface area (Å²) in [5.41, 5.74) is 5.42. The Morgan fingerprint density at radius 3 is 2.67 bits per heavy atom. The Balaban J connectivity index is 1.94. The Labute approximate surface area is 110 Å². The van der Waals surface area contributed by atoms with E-state index in [1.165, 1.54) is 6.42 Å². The maximum atomic E-state index is 12.3. The maximum Gasteiger partial charge on any atom is 0.214 e. The second-order valence-corrected chi connectivity index (χ2v) is 7.44. The molecule has 0 aromatic rings. The lowest BCUT2D eigenvalue weighted by Gasteiger charge is -2.25. The summed E-state index contributed by atoms with van der Waals surface area (Å²) in [6, 6.07) is 0.455. The van der Waals surface area contributed by atoms with Gasteiger partial charge in [-0.2, -0.15) is 0 Å². The van der Waals surface area contributed by atoms with Crippen molar-refractivity contribution in [3.63, 3.8) is 0 Å². The lowest BCUT2D eigenvalue weighted by Crippen LogP contribution is -2.40. The Morgan fingerprint density at radius 1 is 1.11 bits per heavy atom. The summed E-state index contributed by atoms with van der Waals surface area (Å²) < 4.78 is 26.3. The van der Waals surface area contributed by atoms with E-state index < -0.39 is 10.0 Å². The van der Waals surface area contributed by atoms with E-state index in [2.05, 4.69) is 4.90 Å². The van der Waals surface area contributed by atoms with Crippen molar-refractivity contribution in [1.29, 1.82) is 0 Å². The molecule has 6 heteroatoms. The molecule has 2 rings (SSSR count). The van der Waals surface area contributed by atoms with Crippen LogP contribution in [0.3, 0.4) is 0 Å². The van der Waals surface area contributed by atoms with Crippen LogP contribution in [0.4, 0.5) is 0 Å². The highest BCUT2D eigenvalue weighted by Gasteiger charge is 2.33. The molecule has 0 aliphatic carbocycles. The minimum absolute atomic E-state index is 0.261. The molecule has 0 bridgehead atoms. The van der Waals surface area contributed by atoms with Crippen molar-refractivity contribution < 1.29 is 8.42 Å². The predicted octanol–water partition coefficient (Wildman–Crippen LogP) is 0.225. The van der Waals surface area contributed by atoms with Gasteiger partial charge in [-0.3, -0.25) is 4.90 Å². The summed E-state index contributed by atoms with van der Waals surface area (Å²) in [7, 11) is -3.07. The molecule has 2 aliphatic rings. The summed E-state index contributed by atoms with van der Waals surface area (Å²) >= 11 is 0. The molecule has 5 nitrogen and oxygen atoms in total. The van der Waals surface area contributed by atoms with Crippen LogP contribution in [-0.4, -0.2) is 62.1 Å². The third-order valence-corrected chi connectivity index (χ3v) is 5.94. The monoisotopic (exact) mass is 275 g/mol. The normalized spacial score (nSPS) is 27.1. The van der Waals surface area contributed by atoms with Gasteiger partial charge in [0, 0.05) is 19.1 Å². The van der Waals surface area contributed by atoms with Gasteiger partial charge < -0.3 is 5.73 Å². The van der Waals surface area contributed by atoms with Crippen molar-refractivity contribution in [3.05, 3.63) is 0 Å². The van der Waals surface area contributed by atoms with Gasteiger partial charge in [-0.25, -0.2) is 12.7 Å². The lowest BCUT2D eigenvalue weighted by atomic mass is 10.2. The molecular formula is C12H25N3O2S. The molecule has 0 aromatic heterocycles. The van der Waals surface area contributed by atoms with Crippen molar-refractivity contribution in [2.24, 2.45) is 5.73 Å². The van der Waals surface area contributed by atoms with E-state index in [4.69, 9.17) is 5.73 Å². The first-order valence-electron chi connectivity index (χ1n) is 7.05. The summed E-state index contributed by atoms with van der Waals surface area (Å²) in [4.78, 5) is 2.45. The zero-order valence-electron chi connectivity index (χ0n) is 11.1. The quantitative estimate of drug-likeness (QED) is 0.729. The third-order valence-electron chi connectivity index (χ3n) is 4.02. The lowest BCUT2D eigenvalue weighted by molar-refractivity contribution is 0.257. The molecule has 1 atom stereocenters. The van der Waals surface area contributed by atoms with E-state index in [1.807, 2.05) is 0 Å². The van der Waals surface area contributed by atoms with E-state index in [-0.39, 0.29) is 5.75 Å². The van der Waals surface area contributed by atoms with Crippen LogP contribution in [-0.2, 0) is 10.0 Å². The fourth-order valence-electron chi connectivity index (χ4n) is 2.98. The van der Waals surface area contributed by atoms with Crippen LogP contribution in [0.15, 0.2) is 0 Å². The molecule has 2 heterocycles. The minimum atomic E-state index is -3.07. The first kappa shape index (κ1) is 14.2. The Hall–Kier alpha value is -0.170. The zero-order valence-corrected chi connectivity index (χ0v) is 11.9. The van der Waals surface area contributed by atoms with E-state index in [1.54, 1.807) is 4.31 Å². The molecule has 0 amide bonds. The molecule has 0 saturated carbocycles. The third kappa shape index (κ3) is 3.44. The molecule has 1 unspecified atom stereocenters. The van der Waals surface area contributed by atoms with E-state index in [0.717, 1.165) is 32.4 Å². The van der Waals surface area contributed by atoms with E-state index >= 15 is 0 Å². The molecule has 0 spiro atoms. The van der Waals surface area contributed by atoms with Crippen LogP contribution in [0.2, 0.25) is 0 Å². The second kappa shape index (κ2) is 6.32. The largest absolute Gasteiger partial charge is 0.330 e. The second-order valence-electron chi connectivity index (χ2n) is 5.36. The molecule has 106 valence electrons. The zero-order chi connectivity index (χ0) is 13.0. The number of hydrogen-bond donors (Lipinski definition) is 1. The number of sulfonamides is 1. The van der Waals surface area contributed by atoms with Crippen LogP contribution >= 0.6 is 0 Å². The fraction of sp³-hybridized carbons (Fsp3) is 1.00. The summed E-state index contributed by atoms with van der Waals surface area (Å²) in [6.07, 6.45) is 4.81. The van der Waals surface area contributed by atoms with Crippen molar-refractivity contribution in [2.75, 3.05) is 38.5 Å². The van der Waals surface area contributed by atoms with Gasteiger partial charge in [0.15, 0.2) is 0 Å². The first-order valence-corrected chi connectivity index (χ1v) is 8.66. The van der Waals surface area contributed by atoms with Crippen molar-refractivity contribution in [3.8, 4) is 0 Å². The number of fused-ring (bicyclic) bond motifs is 1. The highest BCUT2D eigenvalue weighted by Crippen LogP contribution is 2.23. The summed E-state index contributed by atoms with van der Waals surface area (Å²) in [5.74, 6) is 0.261. The van der Waals surface area contributed by atoms with Gasteiger partial charge in [0.05, 0.1) is 5.75 Å². The number of rotatable bonds is 5. The van der Waals surface area contributed by atoms with Crippen LogP contribution in [0.1, 0.15) is 32.1 Å². The Bertz CT molecular complexity index is 358. The van der Waals surface area contributed by atoms with Gasteiger partial charge in [0.2, 0.25) is 10.0 Å². The molecule has 2 aliphatic heterocycles. The Morgan fingerprint density at radius 2 is 1.89 bits per heavy atom. The highest BCUT2D eigenvalue weighted by molar-refractivity contribution is 7.89. The van der Waals surface area contributed by atoms with E-state index in [9.17, 15) is 8.42 Å². The Kier molecular flexibility index (Phi) is 5.00. The molecule has 2 saturated heterocycles. The average molecular weight is 275 g/mol. The molecule has 2 N–H and O–H groups in total. The smallest absolute Gasteiger partial charge is 0.214 e. The number of unbranched alkanes of at least 4 members (excludes halogenated alkanes) is 1. The highest BCUT2D eigenvalue weighted by atomic mass is 32.2. The summed E-state index contributed by atoms with van der Waals surface area (Å²) in [6.45, 7) is 4.17. The number of nitrogens with two attached hydrogens (primary N) is 1. The van der Waals surface area contributed by atoms with Gasteiger partial charge in [0.25, 0.3) is 0 Å². The molecule has 0 radical (unpaired) electrons. The van der Waals surface area contributed by atoms with Crippen LogP contribution < -0.4 is 5.73 Å². The molecule has 18 heavy (non-hydrogen) atoms. The van der Waals surface area contributed by atoms with Gasteiger partial charge in [-0.15, -0.1) is 0 Å². The van der Waals surface area contributed by atoms with Crippen molar-refractivity contribution >= 4 is 10.0 Å². The predicted molar refractivity (Wildman–Crippen MR) is 72.9 cm³/mol. The summed E-state index contributed by atoms with van der Waals surface area (Å²) in [5, 5.41) is 0.